The zero-order chi connectivity index (χ0) is 23.4. The van der Waals surface area contributed by atoms with E-state index in [2.05, 4.69) is 61.1 Å². The van der Waals surface area contributed by atoms with Crippen molar-refractivity contribution >= 4 is 5.91 Å². The lowest BCUT2D eigenvalue weighted by atomic mass is 9.85. The SMILES string of the molecule is CC(C)N1CCC(C)(N2CCCC2=O)CC1.CC(C)N1CCC(C)(N2CCCCC2)CC1. The Balaban J connectivity index is 0.000000181. The van der Waals surface area contributed by atoms with Crippen LogP contribution in [0.2, 0.25) is 0 Å². The second-order valence-corrected chi connectivity index (χ2v) is 11.9. The second kappa shape index (κ2) is 11.2. The van der Waals surface area contributed by atoms with E-state index in [4.69, 9.17) is 0 Å². The molecule has 0 aromatic rings. The molecule has 4 heterocycles. The minimum absolute atomic E-state index is 0.138. The number of rotatable bonds is 4. The number of piperidine rings is 3. The zero-order valence-electron chi connectivity index (χ0n) is 22.2. The third-order valence-electron chi connectivity index (χ3n) is 9.06. The van der Waals surface area contributed by atoms with Crippen LogP contribution in [-0.4, -0.2) is 94.5 Å². The van der Waals surface area contributed by atoms with Gasteiger partial charge in [-0.15, -0.1) is 0 Å². The molecule has 5 nitrogen and oxygen atoms in total. The highest BCUT2D eigenvalue weighted by atomic mass is 16.2. The highest BCUT2D eigenvalue weighted by molar-refractivity contribution is 5.79. The molecular formula is C27H52N4O. The predicted octanol–water partition coefficient (Wildman–Crippen LogP) is 4.61. The Morgan fingerprint density at radius 3 is 1.50 bits per heavy atom. The van der Waals surface area contributed by atoms with E-state index in [-0.39, 0.29) is 5.54 Å². The molecule has 0 spiro atoms. The lowest BCUT2D eigenvalue weighted by Gasteiger charge is -2.49. The van der Waals surface area contributed by atoms with Crippen LogP contribution in [0.5, 0.6) is 0 Å². The molecule has 0 saturated carbocycles. The number of hydrogen-bond acceptors (Lipinski definition) is 4. The summed E-state index contributed by atoms with van der Waals surface area (Å²) in [5, 5.41) is 0. The number of amides is 1. The van der Waals surface area contributed by atoms with Crippen LogP contribution in [0.1, 0.15) is 99.3 Å². The standard InChI is InChI=1S/C14H28N2.C13H24N2O/c1-13(2)15-11-7-14(3,8-12-15)16-9-5-4-6-10-16;1-11(2)14-9-6-13(3,7-10-14)15-8-4-5-12(15)16/h13H,4-12H2,1-3H3;11H,4-10H2,1-3H3. The summed E-state index contributed by atoms with van der Waals surface area (Å²) in [6.07, 6.45) is 11.1. The van der Waals surface area contributed by atoms with Gasteiger partial charge in [-0.2, -0.15) is 0 Å². The summed E-state index contributed by atoms with van der Waals surface area (Å²) in [6.45, 7) is 22.5. The van der Waals surface area contributed by atoms with Crippen molar-refractivity contribution in [1.82, 2.24) is 19.6 Å². The number of hydrogen-bond donors (Lipinski definition) is 0. The van der Waals surface area contributed by atoms with Gasteiger partial charge < -0.3 is 14.7 Å². The van der Waals surface area contributed by atoms with E-state index in [1.165, 1.54) is 58.3 Å². The van der Waals surface area contributed by atoms with Crippen molar-refractivity contribution in [3.63, 3.8) is 0 Å². The van der Waals surface area contributed by atoms with Gasteiger partial charge >= 0.3 is 0 Å². The van der Waals surface area contributed by atoms with Gasteiger partial charge in [0.2, 0.25) is 5.91 Å². The maximum atomic E-state index is 11.8. The van der Waals surface area contributed by atoms with Crippen LogP contribution < -0.4 is 0 Å². The maximum Gasteiger partial charge on any atom is 0.223 e. The van der Waals surface area contributed by atoms with Crippen molar-refractivity contribution in [3.05, 3.63) is 0 Å². The van der Waals surface area contributed by atoms with E-state index in [0.29, 0.717) is 17.5 Å². The molecule has 186 valence electrons. The summed E-state index contributed by atoms with van der Waals surface area (Å²) < 4.78 is 0. The van der Waals surface area contributed by atoms with Crippen molar-refractivity contribution in [2.75, 3.05) is 45.8 Å². The van der Waals surface area contributed by atoms with Gasteiger partial charge in [0, 0.05) is 62.3 Å². The summed E-state index contributed by atoms with van der Waals surface area (Å²) in [5.74, 6) is 0.375. The van der Waals surface area contributed by atoms with Crippen molar-refractivity contribution in [1.29, 1.82) is 0 Å². The Hall–Kier alpha value is -0.650. The molecule has 0 atom stereocenters. The highest BCUT2D eigenvalue weighted by Crippen LogP contribution is 2.33. The Kier molecular flexibility index (Phi) is 9.07. The molecule has 0 aromatic heterocycles. The second-order valence-electron chi connectivity index (χ2n) is 11.9. The molecule has 0 aromatic carbocycles. The molecular weight excluding hydrogens is 396 g/mol. The molecule has 0 radical (unpaired) electrons. The fraction of sp³-hybridized carbons (Fsp3) is 0.963. The van der Waals surface area contributed by atoms with Gasteiger partial charge in [0.15, 0.2) is 0 Å². The Labute approximate surface area is 198 Å². The smallest absolute Gasteiger partial charge is 0.223 e. The molecule has 0 unspecified atom stereocenters. The molecule has 4 saturated heterocycles. The van der Waals surface area contributed by atoms with E-state index in [0.717, 1.165) is 51.4 Å². The first-order valence-electron chi connectivity index (χ1n) is 13.7. The normalized spacial score (nSPS) is 27.6. The van der Waals surface area contributed by atoms with Gasteiger partial charge in [-0.05, 0) is 99.6 Å². The summed E-state index contributed by atoms with van der Waals surface area (Å²) >= 11 is 0. The topological polar surface area (TPSA) is 30.0 Å². The highest BCUT2D eigenvalue weighted by Gasteiger charge is 2.40. The molecule has 32 heavy (non-hydrogen) atoms. The van der Waals surface area contributed by atoms with E-state index in [1.807, 2.05) is 0 Å². The van der Waals surface area contributed by atoms with Gasteiger partial charge in [-0.3, -0.25) is 9.69 Å². The average molecular weight is 449 g/mol. The lowest BCUT2D eigenvalue weighted by Crippen LogP contribution is -2.55. The predicted molar refractivity (Wildman–Crippen MR) is 135 cm³/mol. The van der Waals surface area contributed by atoms with Crippen LogP contribution in [0, 0.1) is 0 Å². The molecule has 0 bridgehead atoms. The molecule has 5 heteroatoms. The Bertz CT molecular complexity index is 582. The Morgan fingerprint density at radius 1 is 0.625 bits per heavy atom. The van der Waals surface area contributed by atoms with Gasteiger partial charge in [-0.25, -0.2) is 0 Å². The number of likely N-dealkylation sites (tertiary alicyclic amines) is 4. The van der Waals surface area contributed by atoms with E-state index >= 15 is 0 Å². The van der Waals surface area contributed by atoms with Crippen LogP contribution in [0.25, 0.3) is 0 Å². The van der Waals surface area contributed by atoms with Gasteiger partial charge in [0.1, 0.15) is 0 Å². The van der Waals surface area contributed by atoms with Gasteiger partial charge in [0.05, 0.1) is 0 Å². The molecule has 4 aliphatic heterocycles. The number of carbonyl (C=O) groups excluding carboxylic acids is 1. The van der Waals surface area contributed by atoms with Crippen LogP contribution in [0.3, 0.4) is 0 Å². The van der Waals surface area contributed by atoms with Crippen molar-refractivity contribution in [2.45, 2.75) is 122 Å². The quantitative estimate of drug-likeness (QED) is 0.628. The summed E-state index contributed by atoms with van der Waals surface area (Å²) in [4.78, 5) is 21.9. The van der Waals surface area contributed by atoms with E-state index in [9.17, 15) is 4.79 Å². The van der Waals surface area contributed by atoms with Crippen LogP contribution in [-0.2, 0) is 4.79 Å². The first-order valence-corrected chi connectivity index (χ1v) is 13.7. The monoisotopic (exact) mass is 448 g/mol. The summed E-state index contributed by atoms with van der Waals surface area (Å²) in [5.41, 5.74) is 0.644. The molecule has 4 rings (SSSR count). The van der Waals surface area contributed by atoms with Crippen molar-refractivity contribution < 1.29 is 4.79 Å². The van der Waals surface area contributed by atoms with E-state index < -0.39 is 0 Å². The largest absolute Gasteiger partial charge is 0.337 e. The summed E-state index contributed by atoms with van der Waals surface area (Å²) in [7, 11) is 0. The van der Waals surface area contributed by atoms with Crippen LogP contribution in [0.4, 0.5) is 0 Å². The van der Waals surface area contributed by atoms with Gasteiger partial charge in [-0.1, -0.05) is 6.42 Å². The van der Waals surface area contributed by atoms with Crippen molar-refractivity contribution in [2.24, 2.45) is 0 Å². The lowest BCUT2D eigenvalue weighted by molar-refractivity contribution is -0.134. The third kappa shape index (κ3) is 6.27. The minimum Gasteiger partial charge on any atom is -0.337 e. The molecule has 0 aliphatic carbocycles. The van der Waals surface area contributed by atoms with Crippen LogP contribution in [0.15, 0.2) is 0 Å². The molecule has 4 aliphatic rings. The number of carbonyl (C=O) groups is 1. The van der Waals surface area contributed by atoms with Crippen LogP contribution >= 0.6 is 0 Å². The number of nitrogens with zero attached hydrogens (tertiary/aromatic N) is 4. The summed E-state index contributed by atoms with van der Waals surface area (Å²) in [6, 6.07) is 1.37. The van der Waals surface area contributed by atoms with E-state index in [1.54, 1.807) is 0 Å². The zero-order valence-corrected chi connectivity index (χ0v) is 22.2. The first-order chi connectivity index (χ1) is 15.1. The Morgan fingerprint density at radius 2 is 1.09 bits per heavy atom. The molecule has 4 fully saturated rings. The maximum absolute atomic E-state index is 11.8. The molecule has 0 N–H and O–H groups in total. The fourth-order valence-corrected chi connectivity index (χ4v) is 6.28. The third-order valence-corrected chi connectivity index (χ3v) is 9.06. The van der Waals surface area contributed by atoms with Gasteiger partial charge in [0.25, 0.3) is 0 Å². The minimum atomic E-state index is 0.138. The van der Waals surface area contributed by atoms with Crippen molar-refractivity contribution in [3.8, 4) is 0 Å². The molecule has 1 amide bonds. The first kappa shape index (κ1) is 26.0. The fourth-order valence-electron chi connectivity index (χ4n) is 6.28. The average Bonchev–Trinajstić information content (AvgIpc) is 3.22.